The highest BCUT2D eigenvalue weighted by Gasteiger charge is 1.89. The second-order valence-electron chi connectivity index (χ2n) is 2.20. The summed E-state index contributed by atoms with van der Waals surface area (Å²) in [7, 11) is 1.68. The first-order valence-electron chi connectivity index (χ1n) is 3.49. The number of hydrogen-bond donors (Lipinski definition) is 0. The number of rotatable bonds is 2. The van der Waals surface area contributed by atoms with Gasteiger partial charge in [0.1, 0.15) is 5.75 Å². The van der Waals surface area contributed by atoms with Gasteiger partial charge in [0.2, 0.25) is 0 Å². The number of ether oxygens (including phenoxy) is 1. The van der Waals surface area contributed by atoms with E-state index in [0.717, 1.165) is 12.2 Å². The number of benzene rings is 1. The van der Waals surface area contributed by atoms with Gasteiger partial charge in [-0.3, -0.25) is 0 Å². The predicted molar refractivity (Wildman–Crippen MR) is 57.8 cm³/mol. The quantitative estimate of drug-likeness (QED) is 0.746. The zero-order valence-corrected chi connectivity index (χ0v) is 9.16. The molecular formula is C9H13IO. The van der Waals surface area contributed by atoms with E-state index in [4.69, 9.17) is 4.74 Å². The lowest BCUT2D eigenvalue weighted by atomic mass is 10.2. The van der Waals surface area contributed by atoms with Crippen LogP contribution in [0, 0.1) is 0 Å². The number of halogens is 1. The monoisotopic (exact) mass is 264 g/mol. The van der Waals surface area contributed by atoms with Crippen LogP contribution in [0.3, 0.4) is 0 Å². The smallest absolute Gasteiger partial charge is 0.118 e. The minimum Gasteiger partial charge on any atom is -0.497 e. The van der Waals surface area contributed by atoms with Gasteiger partial charge >= 0.3 is 0 Å². The Morgan fingerprint density at radius 2 is 1.73 bits per heavy atom. The van der Waals surface area contributed by atoms with Crippen LogP contribution in [0.25, 0.3) is 0 Å². The number of methoxy groups -OCH3 is 1. The molecule has 0 aromatic heterocycles. The highest BCUT2D eigenvalue weighted by atomic mass is 127. The molecule has 0 amide bonds. The molecule has 0 spiro atoms. The van der Waals surface area contributed by atoms with Crippen molar-refractivity contribution in [3.63, 3.8) is 0 Å². The maximum Gasteiger partial charge on any atom is 0.118 e. The van der Waals surface area contributed by atoms with E-state index >= 15 is 0 Å². The van der Waals surface area contributed by atoms with Gasteiger partial charge in [0.05, 0.1) is 7.11 Å². The van der Waals surface area contributed by atoms with Crippen molar-refractivity contribution in [2.45, 2.75) is 13.3 Å². The molecule has 0 saturated heterocycles. The Balaban J connectivity index is 0.000001000. The van der Waals surface area contributed by atoms with Crippen LogP contribution in [0.15, 0.2) is 24.3 Å². The fourth-order valence-corrected chi connectivity index (χ4v) is 0.861. The first kappa shape index (κ1) is 10.8. The molecule has 0 bridgehead atoms. The van der Waals surface area contributed by atoms with Crippen molar-refractivity contribution >= 4 is 24.0 Å². The molecule has 0 aliphatic carbocycles. The summed E-state index contributed by atoms with van der Waals surface area (Å²) in [5.41, 5.74) is 1.35. The highest BCUT2D eigenvalue weighted by molar-refractivity contribution is 14.0. The van der Waals surface area contributed by atoms with Crippen molar-refractivity contribution in [1.29, 1.82) is 0 Å². The summed E-state index contributed by atoms with van der Waals surface area (Å²) in [5, 5.41) is 0. The summed E-state index contributed by atoms with van der Waals surface area (Å²) < 4.78 is 5.01. The Hall–Kier alpha value is -0.250. The largest absolute Gasteiger partial charge is 0.497 e. The second kappa shape index (κ2) is 5.41. The summed E-state index contributed by atoms with van der Waals surface area (Å²) in [6.07, 6.45) is 1.09. The van der Waals surface area contributed by atoms with Crippen molar-refractivity contribution in [3.8, 4) is 5.75 Å². The molecule has 0 unspecified atom stereocenters. The second-order valence-corrected chi connectivity index (χ2v) is 2.20. The molecule has 0 fully saturated rings. The number of hydrogen-bond acceptors (Lipinski definition) is 1. The van der Waals surface area contributed by atoms with E-state index < -0.39 is 0 Å². The molecule has 0 aliphatic rings. The van der Waals surface area contributed by atoms with Crippen molar-refractivity contribution in [2.24, 2.45) is 0 Å². The summed E-state index contributed by atoms with van der Waals surface area (Å²) >= 11 is 0. The van der Waals surface area contributed by atoms with Crippen LogP contribution in [-0.2, 0) is 6.42 Å². The molecule has 2 heteroatoms. The first-order chi connectivity index (χ1) is 4.86. The van der Waals surface area contributed by atoms with Crippen molar-refractivity contribution in [3.05, 3.63) is 29.8 Å². The van der Waals surface area contributed by atoms with Crippen LogP contribution in [0.5, 0.6) is 5.75 Å². The fraction of sp³-hybridized carbons (Fsp3) is 0.333. The summed E-state index contributed by atoms with van der Waals surface area (Å²) in [6.45, 7) is 2.14. The number of aryl methyl sites for hydroxylation is 1. The Labute approximate surface area is 84.8 Å². The van der Waals surface area contributed by atoms with Crippen LogP contribution in [-0.4, -0.2) is 7.11 Å². The highest BCUT2D eigenvalue weighted by Crippen LogP contribution is 2.10. The SMILES string of the molecule is CCc1ccc(OC)cc1.I. The predicted octanol–water partition coefficient (Wildman–Crippen LogP) is 2.88. The summed E-state index contributed by atoms with van der Waals surface area (Å²) in [5.74, 6) is 0.928. The van der Waals surface area contributed by atoms with Crippen LogP contribution >= 0.6 is 24.0 Å². The molecule has 0 N–H and O–H groups in total. The van der Waals surface area contributed by atoms with Gasteiger partial charge in [-0.05, 0) is 24.1 Å². The van der Waals surface area contributed by atoms with E-state index in [9.17, 15) is 0 Å². The third kappa shape index (κ3) is 3.10. The normalized spacial score (nSPS) is 8.55. The van der Waals surface area contributed by atoms with Gasteiger partial charge in [-0.1, -0.05) is 19.1 Å². The Bertz CT molecular complexity index is 170. The molecule has 11 heavy (non-hydrogen) atoms. The lowest BCUT2D eigenvalue weighted by Crippen LogP contribution is -1.83. The molecule has 1 rings (SSSR count). The molecule has 1 nitrogen and oxygen atoms in total. The molecule has 1 aromatic rings. The lowest BCUT2D eigenvalue weighted by molar-refractivity contribution is 0.414. The minimum atomic E-state index is 0. The molecule has 0 aliphatic heterocycles. The Morgan fingerprint density at radius 3 is 2.09 bits per heavy atom. The Morgan fingerprint density at radius 1 is 1.18 bits per heavy atom. The minimum absolute atomic E-state index is 0. The van der Waals surface area contributed by atoms with E-state index in [2.05, 4.69) is 19.1 Å². The van der Waals surface area contributed by atoms with E-state index in [1.54, 1.807) is 7.11 Å². The van der Waals surface area contributed by atoms with Crippen molar-refractivity contribution in [2.75, 3.05) is 7.11 Å². The van der Waals surface area contributed by atoms with Gasteiger partial charge in [-0.15, -0.1) is 24.0 Å². The van der Waals surface area contributed by atoms with Crippen LogP contribution < -0.4 is 4.74 Å². The molecule has 1 aromatic carbocycles. The van der Waals surface area contributed by atoms with Crippen LogP contribution in [0.2, 0.25) is 0 Å². The van der Waals surface area contributed by atoms with Gasteiger partial charge in [-0.2, -0.15) is 0 Å². The van der Waals surface area contributed by atoms with Crippen molar-refractivity contribution in [1.82, 2.24) is 0 Å². The Kier molecular flexibility index (Phi) is 5.28. The molecular weight excluding hydrogens is 251 g/mol. The van der Waals surface area contributed by atoms with Gasteiger partial charge in [-0.25, -0.2) is 0 Å². The van der Waals surface area contributed by atoms with E-state index in [0.29, 0.717) is 0 Å². The average molecular weight is 264 g/mol. The molecule has 0 atom stereocenters. The van der Waals surface area contributed by atoms with Gasteiger partial charge in [0.25, 0.3) is 0 Å². The fourth-order valence-electron chi connectivity index (χ4n) is 0.861. The molecule has 0 saturated carbocycles. The van der Waals surface area contributed by atoms with Gasteiger partial charge < -0.3 is 4.74 Å². The summed E-state index contributed by atoms with van der Waals surface area (Å²) in [4.78, 5) is 0. The van der Waals surface area contributed by atoms with Gasteiger partial charge in [0.15, 0.2) is 0 Å². The maximum absolute atomic E-state index is 5.01. The van der Waals surface area contributed by atoms with Crippen molar-refractivity contribution < 1.29 is 4.74 Å². The van der Waals surface area contributed by atoms with Gasteiger partial charge in [0, 0.05) is 0 Å². The van der Waals surface area contributed by atoms with E-state index in [1.165, 1.54) is 5.56 Å². The molecule has 0 heterocycles. The third-order valence-electron chi connectivity index (χ3n) is 1.57. The molecule has 62 valence electrons. The first-order valence-corrected chi connectivity index (χ1v) is 3.49. The topological polar surface area (TPSA) is 9.23 Å². The lowest BCUT2D eigenvalue weighted by Gasteiger charge is -1.99. The van der Waals surface area contributed by atoms with E-state index in [-0.39, 0.29) is 24.0 Å². The molecule has 0 radical (unpaired) electrons. The third-order valence-corrected chi connectivity index (χ3v) is 1.57. The summed E-state index contributed by atoms with van der Waals surface area (Å²) in [6, 6.07) is 8.13. The average Bonchev–Trinajstić information content (AvgIpc) is 2.05. The maximum atomic E-state index is 5.01. The van der Waals surface area contributed by atoms with Crippen LogP contribution in [0.1, 0.15) is 12.5 Å². The van der Waals surface area contributed by atoms with E-state index in [1.807, 2.05) is 12.1 Å². The zero-order chi connectivity index (χ0) is 7.40. The van der Waals surface area contributed by atoms with Crippen LogP contribution in [0.4, 0.5) is 0 Å². The zero-order valence-electron chi connectivity index (χ0n) is 6.83. The standard InChI is InChI=1S/C9H12O.HI/c1-3-8-4-6-9(10-2)7-5-8;/h4-7H,3H2,1-2H3;1H.